The van der Waals surface area contributed by atoms with Gasteiger partial charge in [-0.05, 0) is 41.5 Å². The maximum atomic E-state index is 5.11. The van der Waals surface area contributed by atoms with Gasteiger partial charge in [0.25, 0.3) is 0 Å². The molecule has 0 N–H and O–H groups in total. The number of halogens is 1. The summed E-state index contributed by atoms with van der Waals surface area (Å²) in [6, 6.07) is 17.1. The van der Waals surface area contributed by atoms with Gasteiger partial charge >= 0.3 is 0 Å². The van der Waals surface area contributed by atoms with E-state index in [-0.39, 0.29) is 0 Å². The Morgan fingerprint density at radius 2 is 1.67 bits per heavy atom. The average Bonchev–Trinajstić information content (AvgIpc) is 2.30. The van der Waals surface area contributed by atoms with Crippen LogP contribution in [0.25, 0.3) is 11.1 Å². The van der Waals surface area contributed by atoms with Gasteiger partial charge in [0.2, 0.25) is 0 Å². The lowest BCUT2D eigenvalue weighted by atomic mass is 10.1. The molecule has 0 unspecified atom stereocenters. The Balaban J connectivity index is 2.33. The number of rotatable bonds is 2. The van der Waals surface area contributed by atoms with Gasteiger partial charge in [-0.15, -0.1) is 0 Å². The number of hydrogen-bond donors (Lipinski definition) is 0. The van der Waals surface area contributed by atoms with Crippen molar-refractivity contribution in [3.63, 3.8) is 0 Å². The molecule has 0 aliphatic rings. The third-order valence-corrected chi connectivity index (χ3v) is 2.69. The van der Waals surface area contributed by atoms with Gasteiger partial charge in [-0.1, -0.05) is 34.1 Å². The van der Waals surface area contributed by atoms with Crippen molar-refractivity contribution in [1.82, 2.24) is 0 Å². The van der Waals surface area contributed by atoms with Crippen LogP contribution in [0.1, 0.15) is 0 Å². The third kappa shape index (κ3) is 2.39. The standard InChI is InChI=1S/C13H10BrO/c1-15-13-8-4-11(5-9-13)10-2-6-12(14)7-3-10/h2-6,8-9H,1H3. The molecule has 0 amide bonds. The van der Waals surface area contributed by atoms with E-state index in [0.717, 1.165) is 15.8 Å². The van der Waals surface area contributed by atoms with Crippen LogP contribution in [0.5, 0.6) is 5.75 Å². The zero-order chi connectivity index (χ0) is 10.7. The molecular weight excluding hydrogens is 252 g/mol. The minimum atomic E-state index is 0.875. The van der Waals surface area contributed by atoms with Crippen molar-refractivity contribution in [2.24, 2.45) is 0 Å². The highest BCUT2D eigenvalue weighted by molar-refractivity contribution is 9.10. The highest BCUT2D eigenvalue weighted by Crippen LogP contribution is 2.23. The van der Waals surface area contributed by atoms with Crippen LogP contribution in [-0.2, 0) is 0 Å². The Kier molecular flexibility index (Phi) is 3.07. The monoisotopic (exact) mass is 261 g/mol. The average molecular weight is 262 g/mol. The SMILES string of the molecule is COc1ccc(-c2c[c]c(Br)cc2)cc1. The molecule has 0 heterocycles. The molecule has 2 aromatic carbocycles. The van der Waals surface area contributed by atoms with Crippen LogP contribution in [0.2, 0.25) is 0 Å². The van der Waals surface area contributed by atoms with E-state index in [1.165, 1.54) is 5.56 Å². The lowest BCUT2D eigenvalue weighted by Crippen LogP contribution is -1.82. The Hall–Kier alpha value is -1.28. The van der Waals surface area contributed by atoms with Gasteiger partial charge in [0.05, 0.1) is 7.11 Å². The molecule has 0 saturated heterocycles. The predicted molar refractivity (Wildman–Crippen MR) is 65.0 cm³/mol. The molecule has 15 heavy (non-hydrogen) atoms. The molecule has 2 aromatic rings. The molecule has 2 heteroatoms. The van der Waals surface area contributed by atoms with Gasteiger partial charge in [0, 0.05) is 4.47 Å². The van der Waals surface area contributed by atoms with Crippen molar-refractivity contribution in [3.8, 4) is 16.9 Å². The van der Waals surface area contributed by atoms with Crippen LogP contribution in [-0.4, -0.2) is 7.11 Å². The number of ether oxygens (including phenoxy) is 1. The van der Waals surface area contributed by atoms with E-state index in [2.05, 4.69) is 28.1 Å². The largest absolute Gasteiger partial charge is 0.497 e. The molecule has 1 nitrogen and oxygen atoms in total. The molecule has 1 radical (unpaired) electrons. The summed E-state index contributed by atoms with van der Waals surface area (Å²) in [5.74, 6) is 0.875. The van der Waals surface area contributed by atoms with Crippen molar-refractivity contribution >= 4 is 15.9 Å². The van der Waals surface area contributed by atoms with Crippen LogP contribution < -0.4 is 4.74 Å². The first kappa shape index (κ1) is 10.2. The zero-order valence-corrected chi connectivity index (χ0v) is 9.91. The molecule has 0 spiro atoms. The van der Waals surface area contributed by atoms with E-state index < -0.39 is 0 Å². The molecule has 0 aromatic heterocycles. The second-order valence-corrected chi connectivity index (χ2v) is 4.01. The van der Waals surface area contributed by atoms with E-state index >= 15 is 0 Å². The summed E-state index contributed by atoms with van der Waals surface area (Å²) < 4.78 is 6.08. The van der Waals surface area contributed by atoms with Crippen molar-refractivity contribution < 1.29 is 4.74 Å². The summed E-state index contributed by atoms with van der Waals surface area (Å²) in [7, 11) is 1.67. The van der Waals surface area contributed by atoms with Crippen LogP contribution in [0.3, 0.4) is 0 Å². The molecule has 0 bridgehead atoms. The second kappa shape index (κ2) is 4.49. The molecule has 0 fully saturated rings. The second-order valence-electron chi connectivity index (χ2n) is 3.15. The summed E-state index contributed by atoms with van der Waals surface area (Å²) in [4.78, 5) is 0. The molecule has 0 aliphatic heterocycles. The highest BCUT2D eigenvalue weighted by Gasteiger charge is 1.97. The lowest BCUT2D eigenvalue weighted by molar-refractivity contribution is 0.415. The Labute approximate surface area is 97.8 Å². The van der Waals surface area contributed by atoms with Crippen LogP contribution >= 0.6 is 15.9 Å². The van der Waals surface area contributed by atoms with Crippen LogP contribution in [0.15, 0.2) is 46.9 Å². The first-order chi connectivity index (χ1) is 7.29. The Morgan fingerprint density at radius 3 is 2.20 bits per heavy atom. The maximum absolute atomic E-state index is 5.11. The Morgan fingerprint density at radius 1 is 1.00 bits per heavy atom. The van der Waals surface area contributed by atoms with Crippen molar-refractivity contribution in [1.29, 1.82) is 0 Å². The smallest absolute Gasteiger partial charge is 0.118 e. The topological polar surface area (TPSA) is 9.23 Å². The quantitative estimate of drug-likeness (QED) is 0.796. The fourth-order valence-corrected chi connectivity index (χ4v) is 1.62. The first-order valence-corrected chi connectivity index (χ1v) is 5.40. The summed E-state index contributed by atoms with van der Waals surface area (Å²) in [6.07, 6.45) is 0. The van der Waals surface area contributed by atoms with Gasteiger partial charge < -0.3 is 4.74 Å². The molecule has 0 aliphatic carbocycles. The van der Waals surface area contributed by atoms with E-state index in [9.17, 15) is 0 Å². The number of benzene rings is 2. The van der Waals surface area contributed by atoms with E-state index in [4.69, 9.17) is 4.74 Å². The maximum Gasteiger partial charge on any atom is 0.118 e. The number of methoxy groups -OCH3 is 1. The van der Waals surface area contributed by atoms with Gasteiger partial charge in [-0.2, -0.15) is 0 Å². The van der Waals surface area contributed by atoms with Crippen LogP contribution in [0.4, 0.5) is 0 Å². The minimum absolute atomic E-state index is 0.875. The molecular formula is C13H10BrO. The minimum Gasteiger partial charge on any atom is -0.497 e. The normalized spacial score (nSPS) is 10.0. The van der Waals surface area contributed by atoms with E-state index in [1.807, 2.05) is 36.4 Å². The lowest BCUT2D eigenvalue weighted by Gasteiger charge is -2.03. The highest BCUT2D eigenvalue weighted by atomic mass is 79.9. The van der Waals surface area contributed by atoms with Crippen molar-refractivity contribution in [2.45, 2.75) is 0 Å². The van der Waals surface area contributed by atoms with Crippen molar-refractivity contribution in [3.05, 3.63) is 53.0 Å². The molecule has 2 rings (SSSR count). The van der Waals surface area contributed by atoms with Gasteiger partial charge in [0.15, 0.2) is 0 Å². The molecule has 0 saturated carbocycles. The Bertz CT molecular complexity index is 431. The summed E-state index contributed by atoms with van der Waals surface area (Å²) in [5.41, 5.74) is 2.32. The zero-order valence-electron chi connectivity index (χ0n) is 8.33. The summed E-state index contributed by atoms with van der Waals surface area (Å²) >= 11 is 3.37. The van der Waals surface area contributed by atoms with E-state index in [1.54, 1.807) is 7.11 Å². The summed E-state index contributed by atoms with van der Waals surface area (Å²) in [6.45, 7) is 0. The first-order valence-electron chi connectivity index (χ1n) is 4.61. The van der Waals surface area contributed by atoms with Gasteiger partial charge in [-0.3, -0.25) is 0 Å². The predicted octanol–water partition coefficient (Wildman–Crippen LogP) is 3.92. The third-order valence-electron chi connectivity index (χ3n) is 2.20. The summed E-state index contributed by atoms with van der Waals surface area (Å²) in [5, 5.41) is 0. The van der Waals surface area contributed by atoms with Crippen LogP contribution in [0, 0.1) is 6.07 Å². The molecule has 75 valence electrons. The number of hydrogen-bond acceptors (Lipinski definition) is 1. The molecule has 0 atom stereocenters. The fraction of sp³-hybridized carbons (Fsp3) is 0.0769. The van der Waals surface area contributed by atoms with E-state index in [0.29, 0.717) is 0 Å². The van der Waals surface area contributed by atoms with Crippen molar-refractivity contribution in [2.75, 3.05) is 7.11 Å². The van der Waals surface area contributed by atoms with Gasteiger partial charge in [-0.25, -0.2) is 0 Å². The fourth-order valence-electron chi connectivity index (χ4n) is 1.37. The van der Waals surface area contributed by atoms with Gasteiger partial charge in [0.1, 0.15) is 5.75 Å².